The van der Waals surface area contributed by atoms with Crippen LogP contribution < -0.4 is 10.6 Å². The van der Waals surface area contributed by atoms with Crippen molar-refractivity contribution in [3.8, 4) is 0 Å². The van der Waals surface area contributed by atoms with Gasteiger partial charge in [-0.1, -0.05) is 0 Å². The zero-order valence-corrected chi connectivity index (χ0v) is 6.35. The van der Waals surface area contributed by atoms with E-state index in [-0.39, 0.29) is 6.54 Å². The second-order valence-corrected chi connectivity index (χ2v) is 2.21. The predicted octanol–water partition coefficient (Wildman–Crippen LogP) is -0.731. The third-order valence-electron chi connectivity index (χ3n) is 1.22. The number of aliphatic carboxylic acids is 1. The number of carboxylic acid groups (broad SMARTS) is 1. The van der Waals surface area contributed by atoms with Crippen LogP contribution in [0.15, 0.2) is 0 Å². The zero-order chi connectivity index (χ0) is 7.98. The second kappa shape index (κ2) is 5.20. The number of carbonyl (C=O) groups is 1. The number of rotatable bonds is 5. The number of likely N-dealkylation sites (N-methyl/N-ethyl adjacent to an activating group) is 1. The van der Waals surface area contributed by atoms with Gasteiger partial charge in [0.1, 0.15) is 0 Å². The molecule has 0 aromatic rings. The molecule has 1 atom stereocenters. The van der Waals surface area contributed by atoms with Crippen molar-refractivity contribution in [2.75, 3.05) is 20.1 Å². The number of carboxylic acids is 1. The van der Waals surface area contributed by atoms with Gasteiger partial charge in [-0.05, 0) is 14.0 Å². The first-order chi connectivity index (χ1) is 4.66. The number of hydrogen-bond donors (Lipinski definition) is 3. The maximum Gasteiger partial charge on any atom is 0.317 e. The van der Waals surface area contributed by atoms with Gasteiger partial charge in [-0.25, -0.2) is 0 Å². The van der Waals surface area contributed by atoms with Crippen molar-refractivity contribution in [3.63, 3.8) is 0 Å². The van der Waals surface area contributed by atoms with Crippen molar-refractivity contribution >= 4 is 5.97 Å². The first kappa shape index (κ1) is 9.39. The SMILES string of the molecule is CNC(C)CNCC(=O)O. The Morgan fingerprint density at radius 3 is 2.70 bits per heavy atom. The van der Waals surface area contributed by atoms with Crippen LogP contribution in [-0.4, -0.2) is 37.3 Å². The smallest absolute Gasteiger partial charge is 0.317 e. The molecular weight excluding hydrogens is 132 g/mol. The van der Waals surface area contributed by atoms with Gasteiger partial charge in [-0.2, -0.15) is 0 Å². The molecule has 0 amide bonds. The molecule has 0 spiro atoms. The summed E-state index contributed by atoms with van der Waals surface area (Å²) in [4.78, 5) is 9.99. The van der Waals surface area contributed by atoms with E-state index >= 15 is 0 Å². The quantitative estimate of drug-likeness (QED) is 0.478. The largest absolute Gasteiger partial charge is 0.480 e. The molecule has 0 aromatic heterocycles. The van der Waals surface area contributed by atoms with Gasteiger partial charge < -0.3 is 15.7 Å². The first-order valence-electron chi connectivity index (χ1n) is 3.26. The Kier molecular flexibility index (Phi) is 4.88. The summed E-state index contributed by atoms with van der Waals surface area (Å²) in [5.41, 5.74) is 0. The normalized spacial score (nSPS) is 13.0. The van der Waals surface area contributed by atoms with Gasteiger partial charge in [0.2, 0.25) is 0 Å². The molecule has 0 saturated carbocycles. The van der Waals surface area contributed by atoms with E-state index in [0.29, 0.717) is 12.6 Å². The zero-order valence-electron chi connectivity index (χ0n) is 6.35. The molecule has 0 aliphatic carbocycles. The average molecular weight is 146 g/mol. The molecule has 0 bridgehead atoms. The summed E-state index contributed by atoms with van der Waals surface area (Å²) in [7, 11) is 1.84. The summed E-state index contributed by atoms with van der Waals surface area (Å²) in [5.74, 6) is -0.816. The van der Waals surface area contributed by atoms with Gasteiger partial charge in [-0.15, -0.1) is 0 Å². The van der Waals surface area contributed by atoms with Crippen molar-refractivity contribution in [2.24, 2.45) is 0 Å². The Bertz CT molecular complexity index is 106. The van der Waals surface area contributed by atoms with Crippen molar-refractivity contribution in [3.05, 3.63) is 0 Å². The summed E-state index contributed by atoms with van der Waals surface area (Å²) >= 11 is 0. The molecule has 3 N–H and O–H groups in total. The van der Waals surface area contributed by atoms with Crippen LogP contribution in [0.3, 0.4) is 0 Å². The van der Waals surface area contributed by atoms with Gasteiger partial charge in [0.15, 0.2) is 0 Å². The summed E-state index contributed by atoms with van der Waals surface area (Å²) < 4.78 is 0. The number of nitrogens with one attached hydrogen (secondary N) is 2. The molecule has 0 aromatic carbocycles. The fraction of sp³-hybridized carbons (Fsp3) is 0.833. The summed E-state index contributed by atoms with van der Waals surface area (Å²) in [5, 5.41) is 14.0. The molecule has 0 radical (unpaired) electrons. The topological polar surface area (TPSA) is 61.4 Å². The molecule has 1 unspecified atom stereocenters. The minimum Gasteiger partial charge on any atom is -0.480 e. The lowest BCUT2D eigenvalue weighted by Gasteiger charge is -2.08. The van der Waals surface area contributed by atoms with Crippen LogP contribution in [0.2, 0.25) is 0 Å². The van der Waals surface area contributed by atoms with Crippen LogP contribution in [-0.2, 0) is 4.79 Å². The van der Waals surface area contributed by atoms with Gasteiger partial charge >= 0.3 is 5.97 Å². The summed E-state index contributed by atoms with van der Waals surface area (Å²) in [6.07, 6.45) is 0. The highest BCUT2D eigenvalue weighted by Gasteiger charge is 1.98. The summed E-state index contributed by atoms with van der Waals surface area (Å²) in [6, 6.07) is 0.319. The average Bonchev–Trinajstić information content (AvgIpc) is 1.87. The lowest BCUT2D eigenvalue weighted by Crippen LogP contribution is -2.36. The lowest BCUT2D eigenvalue weighted by molar-refractivity contribution is -0.135. The molecular formula is C6H14N2O2. The van der Waals surface area contributed by atoms with Crippen LogP contribution >= 0.6 is 0 Å². The Morgan fingerprint density at radius 2 is 2.30 bits per heavy atom. The standard InChI is InChI=1S/C6H14N2O2/c1-5(7-2)3-8-4-6(9)10/h5,7-8H,3-4H2,1-2H3,(H,9,10). The molecule has 0 aliphatic heterocycles. The molecule has 0 saturated heterocycles. The third kappa shape index (κ3) is 5.53. The van der Waals surface area contributed by atoms with Gasteiger partial charge in [0.05, 0.1) is 6.54 Å². The fourth-order valence-corrected chi connectivity index (χ4v) is 0.498. The molecule has 4 nitrogen and oxygen atoms in total. The Balaban J connectivity index is 3.11. The van der Waals surface area contributed by atoms with E-state index in [2.05, 4.69) is 10.6 Å². The van der Waals surface area contributed by atoms with E-state index < -0.39 is 5.97 Å². The lowest BCUT2D eigenvalue weighted by atomic mass is 10.3. The van der Waals surface area contributed by atoms with Gasteiger partial charge in [-0.3, -0.25) is 4.79 Å². The minimum atomic E-state index is -0.816. The maximum atomic E-state index is 9.99. The molecule has 10 heavy (non-hydrogen) atoms. The van der Waals surface area contributed by atoms with Crippen molar-refractivity contribution in [1.82, 2.24) is 10.6 Å². The molecule has 60 valence electrons. The molecule has 0 rings (SSSR count). The minimum absolute atomic E-state index is 0.0337. The fourth-order valence-electron chi connectivity index (χ4n) is 0.498. The van der Waals surface area contributed by atoms with Crippen LogP contribution in [0.4, 0.5) is 0 Å². The highest BCUT2D eigenvalue weighted by atomic mass is 16.4. The first-order valence-corrected chi connectivity index (χ1v) is 3.26. The van der Waals surface area contributed by atoms with Gasteiger partial charge in [0.25, 0.3) is 0 Å². The molecule has 0 heterocycles. The number of hydrogen-bond acceptors (Lipinski definition) is 3. The molecule has 0 fully saturated rings. The second-order valence-electron chi connectivity index (χ2n) is 2.21. The van der Waals surface area contributed by atoms with E-state index in [1.807, 2.05) is 14.0 Å². The predicted molar refractivity (Wildman–Crippen MR) is 39.0 cm³/mol. The molecule has 0 aliphatic rings. The van der Waals surface area contributed by atoms with E-state index in [0.717, 1.165) is 0 Å². The maximum absolute atomic E-state index is 9.99. The van der Waals surface area contributed by atoms with E-state index in [4.69, 9.17) is 5.11 Å². The van der Waals surface area contributed by atoms with E-state index in [1.165, 1.54) is 0 Å². The van der Waals surface area contributed by atoms with Crippen molar-refractivity contribution < 1.29 is 9.90 Å². The highest BCUT2D eigenvalue weighted by Crippen LogP contribution is 1.73. The Labute approximate surface area is 60.6 Å². The van der Waals surface area contributed by atoms with Gasteiger partial charge in [0, 0.05) is 12.6 Å². The Hall–Kier alpha value is -0.610. The van der Waals surface area contributed by atoms with Crippen molar-refractivity contribution in [1.29, 1.82) is 0 Å². The van der Waals surface area contributed by atoms with E-state index in [1.54, 1.807) is 0 Å². The van der Waals surface area contributed by atoms with Crippen LogP contribution in [0.1, 0.15) is 6.92 Å². The Morgan fingerprint density at radius 1 is 1.70 bits per heavy atom. The van der Waals surface area contributed by atoms with Crippen LogP contribution in [0.25, 0.3) is 0 Å². The van der Waals surface area contributed by atoms with Crippen molar-refractivity contribution in [2.45, 2.75) is 13.0 Å². The van der Waals surface area contributed by atoms with Crippen LogP contribution in [0, 0.1) is 0 Å². The highest BCUT2D eigenvalue weighted by molar-refractivity contribution is 5.68. The third-order valence-corrected chi connectivity index (χ3v) is 1.22. The van der Waals surface area contributed by atoms with Crippen LogP contribution in [0.5, 0.6) is 0 Å². The monoisotopic (exact) mass is 146 g/mol. The van der Waals surface area contributed by atoms with E-state index in [9.17, 15) is 4.79 Å². The molecule has 4 heteroatoms. The summed E-state index contributed by atoms with van der Waals surface area (Å²) in [6.45, 7) is 2.70.